The van der Waals surface area contributed by atoms with Gasteiger partial charge in [-0.1, -0.05) is 48.5 Å². The van der Waals surface area contributed by atoms with Crippen LogP contribution in [0.2, 0.25) is 0 Å². The highest BCUT2D eigenvalue weighted by atomic mass is 16.3. The fourth-order valence-electron chi connectivity index (χ4n) is 5.08. The lowest BCUT2D eigenvalue weighted by Crippen LogP contribution is -2.57. The molecular formula is C29H30N4O4. The summed E-state index contributed by atoms with van der Waals surface area (Å²) < 4.78 is 5.27. The summed E-state index contributed by atoms with van der Waals surface area (Å²) >= 11 is 0. The van der Waals surface area contributed by atoms with Crippen LogP contribution >= 0.6 is 0 Å². The molecule has 0 aliphatic carbocycles. The molecule has 1 aromatic heterocycles. The van der Waals surface area contributed by atoms with Crippen molar-refractivity contribution in [1.82, 2.24) is 15.1 Å². The third kappa shape index (κ3) is 5.28. The van der Waals surface area contributed by atoms with Crippen LogP contribution in [-0.2, 0) is 20.9 Å². The Kier molecular flexibility index (Phi) is 7.07. The molecule has 1 N–H and O–H groups in total. The average molecular weight is 499 g/mol. The molecule has 0 atom stereocenters. The van der Waals surface area contributed by atoms with E-state index in [0.717, 1.165) is 11.3 Å². The first kappa shape index (κ1) is 24.4. The molecule has 8 nitrogen and oxygen atoms in total. The molecule has 2 aliphatic heterocycles. The van der Waals surface area contributed by atoms with Gasteiger partial charge in [-0.15, -0.1) is 0 Å². The lowest BCUT2D eigenvalue weighted by molar-refractivity contribution is -0.138. The first-order valence-corrected chi connectivity index (χ1v) is 12.5. The highest BCUT2D eigenvalue weighted by Gasteiger charge is 2.54. The number of rotatable bonds is 7. The van der Waals surface area contributed by atoms with Crippen LogP contribution in [0.4, 0.5) is 5.69 Å². The molecule has 190 valence electrons. The molecule has 0 unspecified atom stereocenters. The Balaban J connectivity index is 1.28. The second kappa shape index (κ2) is 10.7. The van der Waals surface area contributed by atoms with Gasteiger partial charge in [0.1, 0.15) is 17.8 Å². The number of nitrogens with zero attached hydrogens (tertiary/aromatic N) is 3. The van der Waals surface area contributed by atoms with E-state index in [2.05, 4.69) is 10.2 Å². The van der Waals surface area contributed by atoms with Gasteiger partial charge in [0.2, 0.25) is 11.8 Å². The van der Waals surface area contributed by atoms with E-state index < -0.39 is 5.54 Å². The maximum Gasteiger partial charge on any atom is 0.250 e. The second-order valence-electron chi connectivity index (χ2n) is 9.37. The number of hydrogen-bond acceptors (Lipinski definition) is 5. The van der Waals surface area contributed by atoms with Crippen molar-refractivity contribution in [1.29, 1.82) is 0 Å². The highest BCUT2D eigenvalue weighted by molar-refractivity contribution is 5.97. The van der Waals surface area contributed by atoms with E-state index in [4.69, 9.17) is 4.42 Å². The van der Waals surface area contributed by atoms with Crippen molar-refractivity contribution in [3.63, 3.8) is 0 Å². The van der Waals surface area contributed by atoms with Crippen LogP contribution < -0.4 is 10.2 Å². The summed E-state index contributed by atoms with van der Waals surface area (Å²) in [7, 11) is 0. The Hall–Kier alpha value is -4.33. The topological polar surface area (TPSA) is 86.1 Å². The van der Waals surface area contributed by atoms with Crippen LogP contribution in [0.5, 0.6) is 0 Å². The van der Waals surface area contributed by atoms with E-state index in [1.165, 1.54) is 0 Å². The van der Waals surface area contributed by atoms with Crippen LogP contribution in [0.1, 0.15) is 24.2 Å². The molecule has 0 radical (unpaired) electrons. The SMILES string of the molecule is O=C(CN1CN(c2ccccc2)C2(CCN(C(=O)/C=C/c3ccccc3)CC2)C1=O)NCc1ccco1. The Labute approximate surface area is 216 Å². The van der Waals surface area contributed by atoms with Crippen molar-refractivity contribution in [2.75, 3.05) is 31.2 Å². The predicted molar refractivity (Wildman–Crippen MR) is 140 cm³/mol. The monoisotopic (exact) mass is 498 g/mol. The molecule has 2 aliphatic rings. The molecule has 3 amide bonds. The number of carbonyl (C=O) groups is 3. The number of hydrogen-bond donors (Lipinski definition) is 1. The summed E-state index contributed by atoms with van der Waals surface area (Å²) in [5.41, 5.74) is 1.10. The van der Waals surface area contributed by atoms with Gasteiger partial charge in [-0.3, -0.25) is 14.4 Å². The summed E-state index contributed by atoms with van der Waals surface area (Å²) in [4.78, 5) is 44.8. The predicted octanol–water partition coefficient (Wildman–Crippen LogP) is 3.28. The maximum atomic E-state index is 13.8. The molecule has 1 spiro atoms. The van der Waals surface area contributed by atoms with Crippen molar-refractivity contribution in [2.45, 2.75) is 24.9 Å². The fourth-order valence-corrected chi connectivity index (χ4v) is 5.08. The Bertz CT molecular complexity index is 1250. The number of likely N-dealkylation sites (tertiary alicyclic amines) is 1. The molecule has 0 bridgehead atoms. The zero-order valence-corrected chi connectivity index (χ0v) is 20.6. The molecule has 5 rings (SSSR count). The molecule has 3 heterocycles. The van der Waals surface area contributed by atoms with Gasteiger partial charge in [0.05, 0.1) is 19.5 Å². The molecule has 8 heteroatoms. The van der Waals surface area contributed by atoms with Crippen molar-refractivity contribution in [2.24, 2.45) is 0 Å². The Morgan fingerprint density at radius 2 is 1.65 bits per heavy atom. The van der Waals surface area contributed by atoms with Gasteiger partial charge in [0, 0.05) is 24.9 Å². The molecular weight excluding hydrogens is 468 g/mol. The number of piperidine rings is 1. The van der Waals surface area contributed by atoms with Gasteiger partial charge in [0.15, 0.2) is 0 Å². The van der Waals surface area contributed by atoms with Crippen LogP contribution in [-0.4, -0.2) is 59.4 Å². The Morgan fingerprint density at radius 3 is 2.32 bits per heavy atom. The quantitative estimate of drug-likeness (QED) is 0.506. The molecule has 3 aromatic rings. The molecule has 2 aromatic carbocycles. The zero-order valence-electron chi connectivity index (χ0n) is 20.6. The molecule has 2 saturated heterocycles. The highest BCUT2D eigenvalue weighted by Crippen LogP contribution is 2.39. The van der Waals surface area contributed by atoms with E-state index in [1.807, 2.05) is 66.7 Å². The second-order valence-corrected chi connectivity index (χ2v) is 9.37. The minimum absolute atomic E-state index is 0.0346. The number of benzene rings is 2. The summed E-state index contributed by atoms with van der Waals surface area (Å²) in [6, 6.07) is 23.0. The summed E-state index contributed by atoms with van der Waals surface area (Å²) in [6.45, 7) is 1.48. The van der Waals surface area contributed by atoms with Gasteiger partial charge >= 0.3 is 0 Å². The minimum atomic E-state index is -0.789. The Morgan fingerprint density at radius 1 is 0.946 bits per heavy atom. The molecule has 2 fully saturated rings. The number of anilines is 1. The number of nitrogens with one attached hydrogen (secondary N) is 1. The van der Waals surface area contributed by atoms with E-state index in [-0.39, 0.29) is 30.8 Å². The number of furan rings is 1. The van der Waals surface area contributed by atoms with Crippen LogP contribution in [0.25, 0.3) is 6.08 Å². The summed E-state index contributed by atoms with van der Waals surface area (Å²) in [5.74, 6) is 0.274. The first-order valence-electron chi connectivity index (χ1n) is 12.5. The fraction of sp³-hybridized carbons (Fsp3) is 0.276. The maximum absolute atomic E-state index is 13.8. The van der Waals surface area contributed by atoms with E-state index in [9.17, 15) is 14.4 Å². The standard InChI is InChI=1S/C29H30N4O4/c34-26(30-20-25-12-7-19-37-25)21-32-22-33(24-10-5-2-6-11-24)29(28(32)36)15-17-31(18-16-29)27(35)14-13-23-8-3-1-4-9-23/h1-14,19H,15-18,20-22H2,(H,30,34)/b14-13+. The van der Waals surface area contributed by atoms with Gasteiger partial charge in [-0.05, 0) is 48.7 Å². The van der Waals surface area contributed by atoms with E-state index in [1.54, 1.807) is 34.3 Å². The normalized spacial score (nSPS) is 17.1. The van der Waals surface area contributed by atoms with Gasteiger partial charge in [-0.25, -0.2) is 0 Å². The minimum Gasteiger partial charge on any atom is -0.467 e. The smallest absolute Gasteiger partial charge is 0.250 e. The van der Waals surface area contributed by atoms with Crippen molar-refractivity contribution < 1.29 is 18.8 Å². The van der Waals surface area contributed by atoms with Gasteiger partial charge in [0.25, 0.3) is 5.91 Å². The largest absolute Gasteiger partial charge is 0.467 e. The summed E-state index contributed by atoms with van der Waals surface area (Å²) in [5, 5.41) is 2.82. The van der Waals surface area contributed by atoms with Gasteiger partial charge < -0.3 is 24.4 Å². The van der Waals surface area contributed by atoms with Crippen LogP contribution in [0, 0.1) is 0 Å². The van der Waals surface area contributed by atoms with E-state index in [0.29, 0.717) is 38.4 Å². The third-order valence-corrected chi connectivity index (χ3v) is 7.08. The lowest BCUT2D eigenvalue weighted by Gasteiger charge is -2.43. The average Bonchev–Trinajstić information content (AvgIpc) is 3.55. The van der Waals surface area contributed by atoms with Crippen molar-refractivity contribution in [3.05, 3.63) is 96.5 Å². The van der Waals surface area contributed by atoms with Crippen molar-refractivity contribution in [3.8, 4) is 0 Å². The molecule has 37 heavy (non-hydrogen) atoms. The molecule has 0 saturated carbocycles. The summed E-state index contributed by atoms with van der Waals surface area (Å²) in [6.07, 6.45) is 5.95. The first-order chi connectivity index (χ1) is 18.0. The number of carbonyl (C=O) groups excluding carboxylic acids is 3. The van der Waals surface area contributed by atoms with Crippen LogP contribution in [0.15, 0.2) is 89.6 Å². The number of para-hydroxylation sites is 1. The van der Waals surface area contributed by atoms with Crippen molar-refractivity contribution >= 4 is 29.5 Å². The number of amides is 3. The van der Waals surface area contributed by atoms with Gasteiger partial charge in [-0.2, -0.15) is 0 Å². The van der Waals surface area contributed by atoms with E-state index >= 15 is 0 Å². The third-order valence-electron chi connectivity index (χ3n) is 7.08. The zero-order chi connectivity index (χ0) is 25.7. The lowest BCUT2D eigenvalue weighted by atomic mass is 9.85. The van der Waals surface area contributed by atoms with Crippen LogP contribution in [0.3, 0.4) is 0 Å².